The number of rotatable bonds is 2. The van der Waals surface area contributed by atoms with Crippen LogP contribution < -0.4 is 16.4 Å². The third kappa shape index (κ3) is 2.20. The van der Waals surface area contributed by atoms with Crippen LogP contribution >= 0.6 is 0 Å². The maximum atomic E-state index is 13.7. The number of anilines is 2. The minimum atomic E-state index is -0.913. The van der Waals surface area contributed by atoms with Gasteiger partial charge >= 0.3 is 0 Å². The fourth-order valence-corrected chi connectivity index (χ4v) is 2.15. The fourth-order valence-electron chi connectivity index (χ4n) is 2.15. The number of nitrogens with zero attached hydrogens (tertiary/aromatic N) is 2. The van der Waals surface area contributed by atoms with Crippen LogP contribution in [0.5, 0.6) is 0 Å². The summed E-state index contributed by atoms with van der Waals surface area (Å²) in [5, 5.41) is 0. The molecule has 0 spiro atoms. The van der Waals surface area contributed by atoms with Crippen molar-refractivity contribution in [1.29, 1.82) is 0 Å². The summed E-state index contributed by atoms with van der Waals surface area (Å²) < 4.78 is 26.7. The molecule has 1 aromatic heterocycles. The summed E-state index contributed by atoms with van der Waals surface area (Å²) in [7, 11) is 0. The number of halogens is 2. The van der Waals surface area contributed by atoms with Crippen molar-refractivity contribution in [3.8, 4) is 0 Å². The molecule has 1 aromatic rings. The molecule has 18 heavy (non-hydrogen) atoms. The highest BCUT2D eigenvalue weighted by Crippen LogP contribution is 2.27. The molecule has 1 aliphatic rings. The Morgan fingerprint density at radius 1 is 1.39 bits per heavy atom. The van der Waals surface area contributed by atoms with Gasteiger partial charge in [0, 0.05) is 12.6 Å². The second kappa shape index (κ2) is 4.75. The Hall–Kier alpha value is -1.92. The Kier molecular flexibility index (Phi) is 3.31. The van der Waals surface area contributed by atoms with Gasteiger partial charge in [-0.3, -0.25) is 4.79 Å². The Bertz CT molecular complexity index is 480. The number of carbonyl (C=O) groups excluding carboxylic acids is 1. The molecule has 1 aliphatic heterocycles. The van der Waals surface area contributed by atoms with E-state index < -0.39 is 23.6 Å². The number of pyridine rings is 1. The first-order valence-corrected chi connectivity index (χ1v) is 5.68. The molecule has 0 radical (unpaired) electrons. The SMILES string of the molecule is NC(=O)C1CCCCN1c1nc(N)c(F)cc1F. The zero-order valence-corrected chi connectivity index (χ0v) is 9.70. The Morgan fingerprint density at radius 2 is 2.11 bits per heavy atom. The number of nitrogen functional groups attached to an aromatic ring is 1. The van der Waals surface area contributed by atoms with Crippen molar-refractivity contribution in [2.45, 2.75) is 25.3 Å². The van der Waals surface area contributed by atoms with Crippen LogP contribution in [0.2, 0.25) is 0 Å². The Balaban J connectivity index is 2.39. The van der Waals surface area contributed by atoms with Gasteiger partial charge in [-0.15, -0.1) is 0 Å². The highest BCUT2D eigenvalue weighted by molar-refractivity contribution is 5.83. The lowest BCUT2D eigenvalue weighted by atomic mass is 10.0. The number of primary amides is 1. The molecule has 98 valence electrons. The molecule has 0 aromatic carbocycles. The summed E-state index contributed by atoms with van der Waals surface area (Å²) in [5.41, 5.74) is 10.6. The van der Waals surface area contributed by atoms with Gasteiger partial charge in [0.05, 0.1) is 0 Å². The number of amides is 1. The van der Waals surface area contributed by atoms with Crippen molar-refractivity contribution in [2.75, 3.05) is 17.2 Å². The third-order valence-electron chi connectivity index (χ3n) is 3.04. The standard InChI is InChI=1S/C11H14F2N4O/c12-6-5-7(13)11(16-9(6)14)17-4-2-1-3-8(17)10(15)18/h5,8H,1-4H2,(H2,14,16)(H2,15,18). The van der Waals surface area contributed by atoms with Crippen LogP contribution in [0.4, 0.5) is 20.4 Å². The molecule has 1 amide bonds. The van der Waals surface area contributed by atoms with Gasteiger partial charge in [0.1, 0.15) is 6.04 Å². The molecule has 2 heterocycles. The van der Waals surface area contributed by atoms with Gasteiger partial charge in [-0.2, -0.15) is 0 Å². The molecule has 1 saturated heterocycles. The summed E-state index contributed by atoms with van der Waals surface area (Å²) in [4.78, 5) is 16.5. The minimum absolute atomic E-state index is 0.114. The predicted octanol–water partition coefficient (Wildman–Crippen LogP) is 0.786. The topological polar surface area (TPSA) is 85.2 Å². The fraction of sp³-hybridized carbons (Fsp3) is 0.455. The van der Waals surface area contributed by atoms with Crippen LogP contribution in [0.3, 0.4) is 0 Å². The quantitative estimate of drug-likeness (QED) is 0.819. The van der Waals surface area contributed by atoms with E-state index in [4.69, 9.17) is 11.5 Å². The van der Waals surface area contributed by atoms with E-state index >= 15 is 0 Å². The molecular formula is C11H14F2N4O. The maximum Gasteiger partial charge on any atom is 0.240 e. The summed E-state index contributed by atoms with van der Waals surface area (Å²) in [6.45, 7) is 0.447. The predicted molar refractivity (Wildman–Crippen MR) is 62.7 cm³/mol. The molecule has 0 saturated carbocycles. The van der Waals surface area contributed by atoms with Crippen molar-refractivity contribution in [2.24, 2.45) is 5.73 Å². The zero-order chi connectivity index (χ0) is 13.3. The van der Waals surface area contributed by atoms with E-state index in [9.17, 15) is 13.6 Å². The molecule has 2 rings (SSSR count). The van der Waals surface area contributed by atoms with Crippen LogP contribution in [0, 0.1) is 11.6 Å². The van der Waals surface area contributed by atoms with Crippen LogP contribution in [-0.2, 0) is 4.79 Å². The molecule has 1 unspecified atom stereocenters. The molecule has 5 nitrogen and oxygen atoms in total. The first-order valence-electron chi connectivity index (χ1n) is 5.68. The largest absolute Gasteiger partial charge is 0.381 e. The van der Waals surface area contributed by atoms with Crippen LogP contribution in [0.25, 0.3) is 0 Å². The van der Waals surface area contributed by atoms with E-state index in [0.29, 0.717) is 19.0 Å². The smallest absolute Gasteiger partial charge is 0.240 e. The van der Waals surface area contributed by atoms with Crippen LogP contribution in [-0.4, -0.2) is 23.5 Å². The summed E-state index contributed by atoms with van der Waals surface area (Å²) in [5.74, 6) is -2.80. The molecule has 1 fully saturated rings. The first-order chi connectivity index (χ1) is 8.50. The zero-order valence-electron chi connectivity index (χ0n) is 9.70. The summed E-state index contributed by atoms with van der Waals surface area (Å²) >= 11 is 0. The lowest BCUT2D eigenvalue weighted by Gasteiger charge is -2.34. The number of carbonyl (C=O) groups is 1. The minimum Gasteiger partial charge on any atom is -0.381 e. The van der Waals surface area contributed by atoms with Gasteiger partial charge in [-0.1, -0.05) is 0 Å². The van der Waals surface area contributed by atoms with E-state index in [0.717, 1.165) is 12.8 Å². The van der Waals surface area contributed by atoms with Gasteiger partial charge in [0.15, 0.2) is 23.3 Å². The number of hydrogen-bond acceptors (Lipinski definition) is 4. The molecule has 0 aliphatic carbocycles. The number of aromatic nitrogens is 1. The Labute approximate surface area is 103 Å². The molecular weight excluding hydrogens is 242 g/mol. The van der Waals surface area contributed by atoms with Crippen molar-refractivity contribution in [3.05, 3.63) is 17.7 Å². The van der Waals surface area contributed by atoms with Crippen LogP contribution in [0.1, 0.15) is 19.3 Å². The average Bonchev–Trinajstić information content (AvgIpc) is 2.34. The second-order valence-electron chi connectivity index (χ2n) is 4.27. The van der Waals surface area contributed by atoms with Gasteiger partial charge in [-0.25, -0.2) is 13.8 Å². The van der Waals surface area contributed by atoms with E-state index in [1.54, 1.807) is 0 Å². The summed E-state index contributed by atoms with van der Waals surface area (Å²) in [6, 6.07) is 0.0512. The van der Waals surface area contributed by atoms with E-state index in [1.807, 2.05) is 0 Å². The van der Waals surface area contributed by atoms with Gasteiger partial charge < -0.3 is 16.4 Å². The molecule has 1 atom stereocenters. The van der Waals surface area contributed by atoms with Crippen LogP contribution in [0.15, 0.2) is 6.07 Å². The van der Waals surface area contributed by atoms with E-state index in [-0.39, 0.29) is 11.6 Å². The van der Waals surface area contributed by atoms with Crippen molar-refractivity contribution in [1.82, 2.24) is 4.98 Å². The molecule has 4 N–H and O–H groups in total. The lowest BCUT2D eigenvalue weighted by Crippen LogP contribution is -2.48. The number of nitrogens with two attached hydrogens (primary N) is 2. The first kappa shape index (κ1) is 12.5. The van der Waals surface area contributed by atoms with Crippen molar-refractivity contribution >= 4 is 17.5 Å². The monoisotopic (exact) mass is 256 g/mol. The highest BCUT2D eigenvalue weighted by atomic mass is 19.1. The summed E-state index contributed by atoms with van der Waals surface area (Å²) in [6.07, 6.45) is 2.16. The number of hydrogen-bond donors (Lipinski definition) is 2. The normalized spacial score (nSPS) is 19.9. The molecule has 0 bridgehead atoms. The number of piperidine rings is 1. The second-order valence-corrected chi connectivity index (χ2v) is 4.27. The third-order valence-corrected chi connectivity index (χ3v) is 3.04. The van der Waals surface area contributed by atoms with Crippen molar-refractivity contribution < 1.29 is 13.6 Å². The average molecular weight is 256 g/mol. The van der Waals surface area contributed by atoms with Gasteiger partial charge in [-0.05, 0) is 19.3 Å². The van der Waals surface area contributed by atoms with E-state index in [2.05, 4.69) is 4.98 Å². The van der Waals surface area contributed by atoms with Gasteiger partial charge in [0.25, 0.3) is 0 Å². The van der Waals surface area contributed by atoms with E-state index in [1.165, 1.54) is 4.90 Å². The van der Waals surface area contributed by atoms with Gasteiger partial charge in [0.2, 0.25) is 5.91 Å². The highest BCUT2D eigenvalue weighted by Gasteiger charge is 2.30. The molecule has 7 heteroatoms. The van der Waals surface area contributed by atoms with Crippen molar-refractivity contribution in [3.63, 3.8) is 0 Å². The maximum absolute atomic E-state index is 13.7. The Morgan fingerprint density at radius 3 is 2.78 bits per heavy atom. The lowest BCUT2D eigenvalue weighted by molar-refractivity contribution is -0.119.